The van der Waals surface area contributed by atoms with Crippen LogP contribution < -0.4 is 0 Å². The summed E-state index contributed by atoms with van der Waals surface area (Å²) < 4.78 is 15.0. The lowest BCUT2D eigenvalue weighted by molar-refractivity contribution is 0.615. The normalized spacial score (nSPS) is 11.1. The first-order valence-corrected chi connectivity index (χ1v) is 5.56. The summed E-state index contributed by atoms with van der Waals surface area (Å²) in [5, 5.41) is 5.10. The third-order valence-electron chi connectivity index (χ3n) is 2.90. The van der Waals surface area contributed by atoms with E-state index in [2.05, 4.69) is 10.1 Å². The lowest BCUT2D eigenvalue weighted by atomic mass is 10.1. The molecule has 0 atom stereocenters. The monoisotopic (exact) mass is 229 g/mol. The van der Waals surface area contributed by atoms with E-state index >= 15 is 0 Å². The summed E-state index contributed by atoms with van der Waals surface area (Å²) in [7, 11) is 0. The molecular formula is C13H12FN3. The average Bonchev–Trinajstić information content (AvgIpc) is 2.94. The van der Waals surface area contributed by atoms with Gasteiger partial charge in [0.2, 0.25) is 0 Å². The minimum Gasteiger partial charge on any atom is -0.361 e. The number of hydrogen-bond donors (Lipinski definition) is 1. The molecule has 17 heavy (non-hydrogen) atoms. The zero-order valence-corrected chi connectivity index (χ0v) is 9.23. The quantitative estimate of drug-likeness (QED) is 0.736. The van der Waals surface area contributed by atoms with Crippen molar-refractivity contribution < 1.29 is 4.39 Å². The Labute approximate surface area is 97.9 Å². The Kier molecular flexibility index (Phi) is 2.40. The van der Waals surface area contributed by atoms with Crippen LogP contribution in [0.1, 0.15) is 5.56 Å². The Morgan fingerprint density at radius 2 is 2.29 bits per heavy atom. The number of fused-ring (bicyclic) bond motifs is 1. The standard InChI is InChI=1S/C13H12FN3/c14-11-2-3-13-12(8-11)10(9-15-13)4-7-17-6-1-5-16-17/h1-3,5-6,8-9,15H,4,7H2. The molecule has 0 fully saturated rings. The molecule has 3 aromatic rings. The van der Waals surface area contributed by atoms with Gasteiger partial charge in [-0.1, -0.05) is 0 Å². The van der Waals surface area contributed by atoms with Crippen LogP contribution in [0.25, 0.3) is 10.9 Å². The largest absolute Gasteiger partial charge is 0.361 e. The van der Waals surface area contributed by atoms with E-state index in [0.29, 0.717) is 0 Å². The molecule has 2 heterocycles. The zero-order chi connectivity index (χ0) is 11.7. The van der Waals surface area contributed by atoms with Gasteiger partial charge in [0, 0.05) is 36.0 Å². The molecule has 0 bridgehead atoms. The summed E-state index contributed by atoms with van der Waals surface area (Å²) in [5.41, 5.74) is 2.09. The Bertz CT molecular complexity index is 625. The van der Waals surface area contributed by atoms with E-state index in [-0.39, 0.29) is 5.82 Å². The molecule has 0 aliphatic carbocycles. The van der Waals surface area contributed by atoms with Crippen LogP contribution in [0.2, 0.25) is 0 Å². The molecule has 1 aromatic carbocycles. The summed E-state index contributed by atoms with van der Waals surface area (Å²) in [5.74, 6) is -0.197. The highest BCUT2D eigenvalue weighted by atomic mass is 19.1. The second-order valence-corrected chi connectivity index (χ2v) is 4.02. The van der Waals surface area contributed by atoms with Crippen molar-refractivity contribution in [3.05, 3.63) is 54.2 Å². The minimum atomic E-state index is -0.197. The number of rotatable bonds is 3. The van der Waals surface area contributed by atoms with E-state index in [1.54, 1.807) is 18.3 Å². The van der Waals surface area contributed by atoms with Crippen molar-refractivity contribution in [1.29, 1.82) is 0 Å². The number of nitrogens with one attached hydrogen (secondary N) is 1. The van der Waals surface area contributed by atoms with Gasteiger partial charge in [0.05, 0.1) is 0 Å². The second-order valence-electron chi connectivity index (χ2n) is 4.02. The van der Waals surface area contributed by atoms with Crippen molar-refractivity contribution in [2.75, 3.05) is 0 Å². The predicted octanol–water partition coefficient (Wildman–Crippen LogP) is 2.75. The molecule has 3 rings (SSSR count). The van der Waals surface area contributed by atoms with Gasteiger partial charge in [0.1, 0.15) is 5.82 Å². The summed E-state index contributed by atoms with van der Waals surface area (Å²) in [6, 6.07) is 6.71. The van der Waals surface area contributed by atoms with Crippen LogP contribution in [0, 0.1) is 5.82 Å². The molecule has 0 saturated heterocycles. The molecule has 2 aromatic heterocycles. The third kappa shape index (κ3) is 1.93. The van der Waals surface area contributed by atoms with Crippen molar-refractivity contribution in [3.63, 3.8) is 0 Å². The first-order valence-electron chi connectivity index (χ1n) is 5.56. The lowest BCUT2D eigenvalue weighted by Gasteiger charge is -2.00. The van der Waals surface area contributed by atoms with Crippen LogP contribution in [0.4, 0.5) is 4.39 Å². The molecule has 0 aliphatic heterocycles. The Hall–Kier alpha value is -2.10. The first-order chi connectivity index (χ1) is 8.33. The molecule has 0 saturated carbocycles. The third-order valence-corrected chi connectivity index (χ3v) is 2.90. The van der Waals surface area contributed by atoms with Gasteiger partial charge >= 0.3 is 0 Å². The first kappa shape index (κ1) is 10.1. The maximum Gasteiger partial charge on any atom is 0.123 e. The number of nitrogens with zero attached hydrogens (tertiary/aromatic N) is 2. The van der Waals surface area contributed by atoms with Gasteiger partial charge in [-0.05, 0) is 36.2 Å². The summed E-state index contributed by atoms with van der Waals surface area (Å²) in [4.78, 5) is 3.15. The van der Waals surface area contributed by atoms with Crippen molar-refractivity contribution in [1.82, 2.24) is 14.8 Å². The molecule has 0 amide bonds. The molecule has 0 spiro atoms. The van der Waals surface area contributed by atoms with Crippen molar-refractivity contribution in [3.8, 4) is 0 Å². The summed E-state index contributed by atoms with van der Waals surface area (Å²) in [6.45, 7) is 0.802. The average molecular weight is 229 g/mol. The highest BCUT2D eigenvalue weighted by Crippen LogP contribution is 2.20. The minimum absolute atomic E-state index is 0.197. The molecule has 3 nitrogen and oxygen atoms in total. The smallest absolute Gasteiger partial charge is 0.123 e. The van der Waals surface area contributed by atoms with Crippen molar-refractivity contribution in [2.45, 2.75) is 13.0 Å². The maximum atomic E-state index is 13.2. The molecule has 1 N–H and O–H groups in total. The number of hydrogen-bond acceptors (Lipinski definition) is 1. The van der Waals surface area contributed by atoms with E-state index < -0.39 is 0 Å². The predicted molar refractivity (Wildman–Crippen MR) is 64.2 cm³/mol. The number of H-pyrrole nitrogens is 1. The highest BCUT2D eigenvalue weighted by molar-refractivity contribution is 5.83. The molecule has 0 aliphatic rings. The number of aromatic nitrogens is 3. The molecule has 86 valence electrons. The van der Waals surface area contributed by atoms with Gasteiger partial charge in [-0.25, -0.2) is 4.39 Å². The SMILES string of the molecule is Fc1ccc2[nH]cc(CCn3cccn3)c2c1. The molecule has 0 radical (unpaired) electrons. The van der Waals surface area contributed by atoms with Gasteiger partial charge < -0.3 is 4.98 Å². The maximum absolute atomic E-state index is 13.2. The number of benzene rings is 1. The zero-order valence-electron chi connectivity index (χ0n) is 9.23. The number of halogens is 1. The summed E-state index contributed by atoms with van der Waals surface area (Å²) >= 11 is 0. The molecule has 0 unspecified atom stereocenters. The van der Waals surface area contributed by atoms with Gasteiger partial charge in [-0.2, -0.15) is 5.10 Å². The topological polar surface area (TPSA) is 33.6 Å². The number of aryl methyl sites for hydroxylation is 2. The fourth-order valence-electron chi connectivity index (χ4n) is 2.03. The van der Waals surface area contributed by atoms with E-state index in [1.165, 1.54) is 6.07 Å². The van der Waals surface area contributed by atoms with Crippen LogP contribution in [0.5, 0.6) is 0 Å². The van der Waals surface area contributed by atoms with Crippen LogP contribution in [-0.2, 0) is 13.0 Å². The highest BCUT2D eigenvalue weighted by Gasteiger charge is 2.04. The summed E-state index contributed by atoms with van der Waals surface area (Å²) in [6.07, 6.45) is 6.46. The van der Waals surface area contributed by atoms with Crippen LogP contribution in [0.3, 0.4) is 0 Å². The Balaban J connectivity index is 1.87. The van der Waals surface area contributed by atoms with E-state index in [9.17, 15) is 4.39 Å². The fraction of sp³-hybridized carbons (Fsp3) is 0.154. The van der Waals surface area contributed by atoms with Gasteiger partial charge in [0.15, 0.2) is 0 Å². The van der Waals surface area contributed by atoms with Crippen LogP contribution >= 0.6 is 0 Å². The van der Waals surface area contributed by atoms with Crippen LogP contribution in [-0.4, -0.2) is 14.8 Å². The fourth-order valence-corrected chi connectivity index (χ4v) is 2.03. The van der Waals surface area contributed by atoms with E-state index in [0.717, 1.165) is 29.4 Å². The van der Waals surface area contributed by atoms with Gasteiger partial charge in [-0.15, -0.1) is 0 Å². The number of aromatic amines is 1. The molecule has 4 heteroatoms. The Morgan fingerprint density at radius 3 is 3.12 bits per heavy atom. The van der Waals surface area contributed by atoms with Crippen molar-refractivity contribution >= 4 is 10.9 Å². The Morgan fingerprint density at radius 1 is 1.35 bits per heavy atom. The van der Waals surface area contributed by atoms with Crippen molar-refractivity contribution in [2.24, 2.45) is 0 Å². The van der Waals surface area contributed by atoms with E-state index in [4.69, 9.17) is 0 Å². The van der Waals surface area contributed by atoms with Gasteiger partial charge in [-0.3, -0.25) is 4.68 Å². The van der Waals surface area contributed by atoms with E-state index in [1.807, 2.05) is 23.1 Å². The van der Waals surface area contributed by atoms with Crippen LogP contribution in [0.15, 0.2) is 42.9 Å². The lowest BCUT2D eigenvalue weighted by Crippen LogP contribution is -2.00. The second kappa shape index (κ2) is 4.05. The van der Waals surface area contributed by atoms with Gasteiger partial charge in [0.25, 0.3) is 0 Å². The molecular weight excluding hydrogens is 217 g/mol.